The van der Waals surface area contributed by atoms with Gasteiger partial charge in [-0.2, -0.15) is 0 Å². The van der Waals surface area contributed by atoms with Crippen LogP contribution in [-0.2, 0) is 4.79 Å². The zero-order valence-electron chi connectivity index (χ0n) is 10.6. The predicted octanol–water partition coefficient (Wildman–Crippen LogP) is 1.97. The zero-order valence-corrected chi connectivity index (χ0v) is 10.6. The van der Waals surface area contributed by atoms with Crippen molar-refractivity contribution in [2.24, 2.45) is 0 Å². The lowest BCUT2D eigenvalue weighted by Gasteiger charge is -2.29. The molecule has 0 fully saturated rings. The van der Waals surface area contributed by atoms with E-state index in [-0.39, 0.29) is 0 Å². The van der Waals surface area contributed by atoms with Gasteiger partial charge in [0.2, 0.25) is 0 Å². The molecule has 19 heavy (non-hydrogen) atoms. The van der Waals surface area contributed by atoms with Gasteiger partial charge in [-0.15, -0.1) is 0 Å². The van der Waals surface area contributed by atoms with E-state index in [0.717, 1.165) is 13.0 Å². The Hall–Kier alpha value is -1.88. The predicted molar refractivity (Wildman–Crippen MR) is 70.6 cm³/mol. The number of anilines is 2. The molecule has 100 valence electrons. The Labute approximate surface area is 110 Å². The molecule has 1 atom stereocenters. The van der Waals surface area contributed by atoms with Crippen LogP contribution >= 0.6 is 0 Å². The summed E-state index contributed by atoms with van der Waals surface area (Å²) in [4.78, 5) is 13.3. The molecule has 2 N–H and O–H groups in total. The molecular formula is C14H15FN2O2. The fourth-order valence-electron chi connectivity index (χ4n) is 2.61. The van der Waals surface area contributed by atoms with Gasteiger partial charge in [0.05, 0.1) is 5.69 Å². The van der Waals surface area contributed by atoms with Crippen molar-refractivity contribution in [1.29, 1.82) is 0 Å². The summed E-state index contributed by atoms with van der Waals surface area (Å²) < 4.78 is 14.1. The highest BCUT2D eigenvalue weighted by Crippen LogP contribution is 2.36. The summed E-state index contributed by atoms with van der Waals surface area (Å²) in [6.07, 6.45) is 1.77. The summed E-state index contributed by atoms with van der Waals surface area (Å²) in [5.41, 5.74) is 2.49. The van der Waals surface area contributed by atoms with Gasteiger partial charge in [-0.25, -0.2) is 4.39 Å². The van der Waals surface area contributed by atoms with Crippen molar-refractivity contribution in [3.8, 4) is 0 Å². The van der Waals surface area contributed by atoms with Crippen molar-refractivity contribution >= 4 is 17.3 Å². The maximum absolute atomic E-state index is 14.1. The van der Waals surface area contributed by atoms with Crippen molar-refractivity contribution in [2.75, 3.05) is 23.3 Å². The van der Waals surface area contributed by atoms with Gasteiger partial charge in [0.15, 0.2) is 6.10 Å². The van der Waals surface area contributed by atoms with E-state index in [2.05, 4.69) is 11.4 Å². The topological polar surface area (TPSA) is 52.6 Å². The zero-order chi connectivity index (χ0) is 13.6. The maximum Gasteiger partial charge on any atom is 0.257 e. The minimum atomic E-state index is -1.26. The van der Waals surface area contributed by atoms with Crippen LogP contribution in [0.5, 0.6) is 0 Å². The first kappa shape index (κ1) is 12.2. The summed E-state index contributed by atoms with van der Waals surface area (Å²) in [7, 11) is 0. The fraction of sp³-hybridized carbons (Fsp3) is 0.357. The molecule has 2 heterocycles. The van der Waals surface area contributed by atoms with Gasteiger partial charge in [0, 0.05) is 24.3 Å². The number of fused-ring (bicyclic) bond motifs is 1. The number of hydrogen-bond donors (Lipinski definition) is 2. The number of nitrogens with zero attached hydrogens (tertiary/aromatic N) is 1. The maximum atomic E-state index is 14.1. The lowest BCUT2D eigenvalue weighted by atomic mass is 10.1. The molecule has 5 heteroatoms. The molecular weight excluding hydrogens is 247 g/mol. The number of rotatable bonds is 1. The molecule has 0 bridgehead atoms. The van der Waals surface area contributed by atoms with Gasteiger partial charge in [-0.1, -0.05) is 11.6 Å². The van der Waals surface area contributed by atoms with E-state index in [1.807, 2.05) is 11.8 Å². The molecule has 1 unspecified atom stereocenters. The highest BCUT2D eigenvalue weighted by Gasteiger charge is 2.30. The van der Waals surface area contributed by atoms with Crippen molar-refractivity contribution in [3.05, 3.63) is 35.2 Å². The number of halogens is 1. The first-order valence-corrected chi connectivity index (χ1v) is 6.29. The van der Waals surface area contributed by atoms with Crippen LogP contribution in [0, 0.1) is 5.82 Å². The van der Waals surface area contributed by atoms with Crippen molar-refractivity contribution in [3.63, 3.8) is 0 Å². The summed E-state index contributed by atoms with van der Waals surface area (Å²) in [5, 5.41) is 12.2. The smallest absolute Gasteiger partial charge is 0.257 e. The molecule has 0 spiro atoms. The molecule has 1 aromatic carbocycles. The average molecular weight is 262 g/mol. The Kier molecular flexibility index (Phi) is 2.78. The van der Waals surface area contributed by atoms with Gasteiger partial charge < -0.3 is 15.3 Å². The van der Waals surface area contributed by atoms with E-state index in [9.17, 15) is 14.3 Å². The van der Waals surface area contributed by atoms with E-state index < -0.39 is 17.8 Å². The van der Waals surface area contributed by atoms with Crippen LogP contribution in [0.15, 0.2) is 23.8 Å². The number of nitrogens with one attached hydrogen (secondary N) is 1. The molecule has 0 saturated carbocycles. The molecule has 4 nitrogen and oxygen atoms in total. The Balaban J connectivity index is 1.98. The second-order valence-electron chi connectivity index (χ2n) is 5.04. The van der Waals surface area contributed by atoms with Gasteiger partial charge in [0.1, 0.15) is 5.82 Å². The van der Waals surface area contributed by atoms with E-state index in [4.69, 9.17) is 0 Å². The van der Waals surface area contributed by atoms with Crippen molar-refractivity contribution in [2.45, 2.75) is 19.4 Å². The van der Waals surface area contributed by atoms with Crippen molar-refractivity contribution < 1.29 is 14.3 Å². The molecule has 0 aliphatic carbocycles. The average Bonchev–Trinajstić information content (AvgIpc) is 2.65. The minimum Gasteiger partial charge on any atom is -0.378 e. The second kappa shape index (κ2) is 4.35. The molecule has 2 aliphatic heterocycles. The van der Waals surface area contributed by atoms with Crippen LogP contribution in [0.3, 0.4) is 0 Å². The number of amides is 1. The second-order valence-corrected chi connectivity index (χ2v) is 5.04. The third-order valence-electron chi connectivity index (χ3n) is 3.59. The van der Waals surface area contributed by atoms with E-state index >= 15 is 0 Å². The highest BCUT2D eigenvalue weighted by atomic mass is 19.1. The van der Waals surface area contributed by atoms with Crippen LogP contribution < -0.4 is 10.2 Å². The summed E-state index contributed by atoms with van der Waals surface area (Å²) in [6.45, 7) is 3.46. The lowest BCUT2D eigenvalue weighted by molar-refractivity contribution is -0.123. The summed E-state index contributed by atoms with van der Waals surface area (Å²) in [5.74, 6) is -0.898. The number of benzene rings is 1. The molecule has 0 aromatic heterocycles. The Bertz CT molecular complexity index is 583. The summed E-state index contributed by atoms with van der Waals surface area (Å²) in [6, 6.07) is 2.86. The van der Waals surface area contributed by atoms with Crippen LogP contribution in [0.1, 0.15) is 25.0 Å². The fourth-order valence-corrected chi connectivity index (χ4v) is 2.61. The third-order valence-corrected chi connectivity index (χ3v) is 3.59. The van der Waals surface area contributed by atoms with Crippen LogP contribution in [0.2, 0.25) is 0 Å². The molecule has 3 rings (SSSR count). The molecule has 2 aliphatic rings. The molecule has 1 aromatic rings. The Morgan fingerprint density at radius 2 is 2.26 bits per heavy atom. The van der Waals surface area contributed by atoms with Gasteiger partial charge in [-0.3, -0.25) is 4.79 Å². The van der Waals surface area contributed by atoms with Crippen molar-refractivity contribution in [1.82, 2.24) is 0 Å². The van der Waals surface area contributed by atoms with Gasteiger partial charge in [0.25, 0.3) is 5.91 Å². The lowest BCUT2D eigenvalue weighted by Crippen LogP contribution is -2.29. The first-order chi connectivity index (χ1) is 9.06. The SMILES string of the molecule is CC1=CCCN(c2cc3c(cc2F)C(O)C(=O)N3)C1. The third kappa shape index (κ3) is 2.00. The highest BCUT2D eigenvalue weighted by molar-refractivity contribution is 6.02. The van der Waals surface area contributed by atoms with E-state index in [1.54, 1.807) is 6.07 Å². The normalized spacial score (nSPS) is 22.1. The Morgan fingerprint density at radius 1 is 1.47 bits per heavy atom. The Morgan fingerprint density at radius 3 is 3.00 bits per heavy atom. The first-order valence-electron chi connectivity index (χ1n) is 6.29. The summed E-state index contributed by atoms with van der Waals surface area (Å²) >= 11 is 0. The van der Waals surface area contributed by atoms with E-state index in [1.165, 1.54) is 11.6 Å². The number of aliphatic hydroxyl groups is 1. The van der Waals surface area contributed by atoms with Crippen LogP contribution in [-0.4, -0.2) is 24.1 Å². The number of hydrogen-bond acceptors (Lipinski definition) is 3. The van der Waals surface area contributed by atoms with Gasteiger partial charge in [-0.05, 0) is 25.5 Å². The van der Waals surface area contributed by atoms with Crippen LogP contribution in [0.4, 0.5) is 15.8 Å². The molecule has 0 saturated heterocycles. The quantitative estimate of drug-likeness (QED) is 0.761. The van der Waals surface area contributed by atoms with E-state index in [0.29, 0.717) is 23.5 Å². The van der Waals surface area contributed by atoms with Crippen LogP contribution in [0.25, 0.3) is 0 Å². The molecule has 1 amide bonds. The number of aliphatic hydroxyl groups excluding tert-OH is 1. The molecule has 0 radical (unpaired) electrons. The van der Waals surface area contributed by atoms with Gasteiger partial charge >= 0.3 is 0 Å². The standard InChI is InChI=1S/C14H15FN2O2/c1-8-3-2-4-17(7-8)12-6-11-9(5-10(12)15)13(18)14(19)16-11/h3,5-6,13,18H,2,4,7H2,1H3,(H,16,19). The monoisotopic (exact) mass is 262 g/mol. The minimum absolute atomic E-state index is 0.315. The number of carbonyl (C=O) groups is 1. The largest absolute Gasteiger partial charge is 0.378 e. The number of carbonyl (C=O) groups excluding carboxylic acids is 1.